The Morgan fingerprint density at radius 2 is 1.44 bits per heavy atom. The van der Waals surface area contributed by atoms with Crippen LogP contribution in [0.1, 0.15) is 40.5 Å². The SMILES string of the molecule is CCC(C)(OB(C)C(C)(CC)OB(N)O)B(C)O. The predicted octanol–water partition coefficient (Wildman–Crippen LogP) is 0.606. The molecule has 0 rings (SSSR count). The summed E-state index contributed by atoms with van der Waals surface area (Å²) in [4.78, 5) is 0. The van der Waals surface area contributed by atoms with Crippen molar-refractivity contribution in [3.8, 4) is 0 Å². The normalized spacial score (nSPS) is 17.8. The van der Waals surface area contributed by atoms with Crippen LogP contribution >= 0.6 is 0 Å². The van der Waals surface area contributed by atoms with Gasteiger partial charge in [-0.25, -0.2) is 0 Å². The van der Waals surface area contributed by atoms with Crippen LogP contribution in [-0.4, -0.2) is 42.1 Å². The third-order valence-corrected chi connectivity index (χ3v) is 3.98. The van der Waals surface area contributed by atoms with E-state index < -0.39 is 25.2 Å². The summed E-state index contributed by atoms with van der Waals surface area (Å²) in [5, 5.41) is 19.0. The van der Waals surface area contributed by atoms with Gasteiger partial charge in [0.1, 0.15) is 0 Å². The van der Waals surface area contributed by atoms with Crippen molar-refractivity contribution in [2.75, 3.05) is 0 Å². The van der Waals surface area contributed by atoms with Gasteiger partial charge in [0.2, 0.25) is 0 Å². The largest absolute Gasteiger partial charge is 0.549 e. The van der Waals surface area contributed by atoms with Gasteiger partial charge in [0, 0.05) is 0 Å². The summed E-state index contributed by atoms with van der Waals surface area (Å²) in [7, 11) is -1.33. The van der Waals surface area contributed by atoms with E-state index in [-0.39, 0.29) is 6.92 Å². The molecule has 8 heteroatoms. The lowest BCUT2D eigenvalue weighted by molar-refractivity contribution is 0.0755. The van der Waals surface area contributed by atoms with Crippen molar-refractivity contribution in [3.05, 3.63) is 0 Å². The van der Waals surface area contributed by atoms with Crippen LogP contribution in [0.15, 0.2) is 0 Å². The maximum Gasteiger partial charge on any atom is 0.549 e. The van der Waals surface area contributed by atoms with Gasteiger partial charge in [0.05, 0.1) is 11.0 Å². The molecule has 0 bridgehead atoms. The first-order valence-electron chi connectivity index (χ1n) is 6.58. The lowest BCUT2D eigenvalue weighted by Crippen LogP contribution is -2.57. The second-order valence-electron chi connectivity index (χ2n) is 5.28. The molecule has 2 unspecified atom stereocenters. The molecule has 0 aromatic rings. The molecular formula is C10H26B3NO4. The van der Waals surface area contributed by atoms with Crippen LogP contribution in [0.25, 0.3) is 0 Å². The van der Waals surface area contributed by atoms with Crippen LogP contribution < -0.4 is 5.64 Å². The first-order valence-corrected chi connectivity index (χ1v) is 6.58. The molecule has 0 saturated carbocycles. The van der Waals surface area contributed by atoms with E-state index in [2.05, 4.69) is 0 Å². The van der Waals surface area contributed by atoms with Gasteiger partial charge in [-0.1, -0.05) is 27.5 Å². The van der Waals surface area contributed by atoms with Gasteiger partial charge in [0.25, 0.3) is 0 Å². The van der Waals surface area contributed by atoms with Crippen molar-refractivity contribution < 1.29 is 19.4 Å². The van der Waals surface area contributed by atoms with Crippen LogP contribution in [0.3, 0.4) is 0 Å². The molecule has 0 aromatic carbocycles. The van der Waals surface area contributed by atoms with E-state index in [1.807, 2.05) is 34.5 Å². The minimum absolute atomic E-state index is 0.305. The van der Waals surface area contributed by atoms with E-state index in [1.54, 1.807) is 6.82 Å². The molecule has 5 nitrogen and oxygen atoms in total. The molecule has 0 aromatic heterocycles. The fourth-order valence-electron chi connectivity index (χ4n) is 1.75. The number of hydrogen-bond acceptors (Lipinski definition) is 5. The van der Waals surface area contributed by atoms with Crippen LogP contribution in [0.2, 0.25) is 13.6 Å². The minimum atomic E-state index is -1.33. The summed E-state index contributed by atoms with van der Waals surface area (Å²) in [6.45, 7) is 10.3. The molecular weight excluding hydrogens is 231 g/mol. The third kappa shape index (κ3) is 4.59. The van der Waals surface area contributed by atoms with Gasteiger partial charge in [-0.05, 0) is 26.7 Å². The zero-order valence-corrected chi connectivity index (χ0v) is 12.4. The zero-order chi connectivity index (χ0) is 14.6. The molecule has 0 heterocycles. The van der Waals surface area contributed by atoms with Gasteiger partial charge < -0.3 is 25.0 Å². The highest BCUT2D eigenvalue weighted by Crippen LogP contribution is 2.26. The second kappa shape index (κ2) is 6.96. The molecule has 104 valence electrons. The number of rotatable bonds is 8. The highest BCUT2D eigenvalue weighted by molar-refractivity contribution is 6.58. The summed E-state index contributed by atoms with van der Waals surface area (Å²) in [6, 6.07) is 0. The number of hydrogen-bond donors (Lipinski definition) is 3. The highest BCUT2D eigenvalue weighted by atomic mass is 16.6. The molecule has 0 spiro atoms. The molecule has 0 fully saturated rings. The van der Waals surface area contributed by atoms with Gasteiger partial charge in [-0.3, -0.25) is 0 Å². The molecule has 0 radical (unpaired) electrons. The van der Waals surface area contributed by atoms with Crippen molar-refractivity contribution in [2.24, 2.45) is 5.64 Å². The van der Waals surface area contributed by atoms with E-state index in [4.69, 9.17) is 15.0 Å². The topological polar surface area (TPSA) is 84.9 Å². The lowest BCUT2D eigenvalue weighted by Gasteiger charge is -2.40. The van der Waals surface area contributed by atoms with Crippen molar-refractivity contribution >= 4 is 21.1 Å². The molecule has 0 aliphatic rings. The summed E-state index contributed by atoms with van der Waals surface area (Å²) in [5.41, 5.74) is 3.94. The van der Waals surface area contributed by atoms with Crippen molar-refractivity contribution in [1.29, 1.82) is 0 Å². The monoisotopic (exact) mass is 257 g/mol. The standard InChI is InChI=1S/C10H26B3NO4/c1-7-9(3,11(5)15)17-12(6)10(4,8-2)18-13(14)16/h15-16H,7-8,14H2,1-6H3. The van der Waals surface area contributed by atoms with Gasteiger partial charge in [-0.2, -0.15) is 0 Å². The summed E-state index contributed by atoms with van der Waals surface area (Å²) >= 11 is 0. The maximum atomic E-state index is 9.80. The van der Waals surface area contributed by atoms with Gasteiger partial charge in [0.15, 0.2) is 0 Å². The molecule has 2 atom stereocenters. The molecule has 0 aliphatic carbocycles. The Kier molecular flexibility index (Phi) is 6.96. The van der Waals surface area contributed by atoms with E-state index in [0.29, 0.717) is 12.8 Å². The van der Waals surface area contributed by atoms with E-state index in [9.17, 15) is 10.0 Å². The zero-order valence-electron chi connectivity index (χ0n) is 12.4. The number of nitrogens with two attached hydrogens (primary N) is 1. The highest BCUT2D eigenvalue weighted by Gasteiger charge is 2.43. The lowest BCUT2D eigenvalue weighted by atomic mass is 9.48. The van der Waals surface area contributed by atoms with Crippen molar-refractivity contribution in [3.63, 3.8) is 0 Å². The Balaban J connectivity index is 4.85. The van der Waals surface area contributed by atoms with E-state index in [1.165, 1.54) is 0 Å². The van der Waals surface area contributed by atoms with Crippen molar-refractivity contribution in [1.82, 2.24) is 0 Å². The Morgan fingerprint density at radius 1 is 1.00 bits per heavy atom. The quantitative estimate of drug-likeness (QED) is 0.554. The Hall–Kier alpha value is -0.00519. The average molecular weight is 257 g/mol. The summed E-state index contributed by atoms with van der Waals surface area (Å²) in [5.74, 6) is 0. The van der Waals surface area contributed by atoms with Crippen LogP contribution in [0, 0.1) is 0 Å². The van der Waals surface area contributed by atoms with Crippen molar-refractivity contribution in [2.45, 2.75) is 65.2 Å². The third-order valence-electron chi connectivity index (χ3n) is 3.98. The maximum absolute atomic E-state index is 9.80. The van der Waals surface area contributed by atoms with E-state index >= 15 is 0 Å². The van der Waals surface area contributed by atoms with Gasteiger partial charge in [-0.15, -0.1) is 0 Å². The first kappa shape index (κ1) is 18.0. The second-order valence-corrected chi connectivity index (χ2v) is 5.28. The fourth-order valence-corrected chi connectivity index (χ4v) is 1.75. The smallest absolute Gasteiger partial charge is 0.448 e. The first-order chi connectivity index (χ1) is 8.11. The average Bonchev–Trinajstić information content (AvgIpc) is 2.27. The van der Waals surface area contributed by atoms with Crippen LogP contribution in [-0.2, 0) is 9.31 Å². The molecule has 18 heavy (non-hydrogen) atoms. The Bertz CT molecular complexity index is 257. The van der Waals surface area contributed by atoms with Crippen LogP contribution in [0.4, 0.5) is 0 Å². The van der Waals surface area contributed by atoms with E-state index in [0.717, 1.165) is 0 Å². The van der Waals surface area contributed by atoms with Gasteiger partial charge >= 0.3 is 21.1 Å². The molecule has 4 N–H and O–H groups in total. The minimum Gasteiger partial charge on any atom is -0.448 e. The molecule has 0 aliphatic heterocycles. The summed E-state index contributed by atoms with van der Waals surface area (Å²) < 4.78 is 11.3. The molecule has 0 amide bonds. The Labute approximate surface area is 112 Å². The molecule has 0 saturated heterocycles. The fraction of sp³-hybridized carbons (Fsp3) is 1.00. The van der Waals surface area contributed by atoms with Crippen LogP contribution in [0.5, 0.6) is 0 Å². The summed E-state index contributed by atoms with van der Waals surface area (Å²) in [6.07, 6.45) is 1.32. The Morgan fingerprint density at radius 3 is 1.72 bits per heavy atom. The predicted molar refractivity (Wildman–Crippen MR) is 77.2 cm³/mol.